The van der Waals surface area contributed by atoms with Crippen LogP contribution in [0, 0.1) is 28.6 Å². The average Bonchev–Trinajstić information content (AvgIpc) is 3.44. The first-order valence-corrected chi connectivity index (χ1v) is 18.8. The molecule has 4 aliphatic rings. The fourth-order valence-corrected chi connectivity index (χ4v) is 9.98. The van der Waals surface area contributed by atoms with Crippen LogP contribution in [-0.2, 0) is 35.0 Å². The van der Waals surface area contributed by atoms with Crippen LogP contribution in [0.2, 0.25) is 0 Å². The number of nitrogens with zero attached hydrogens (tertiary/aromatic N) is 2. The first kappa shape index (κ1) is 39.2. The topological polar surface area (TPSA) is 181 Å². The lowest BCUT2D eigenvalue weighted by Gasteiger charge is -2.60. The molecule has 54 heavy (non-hydrogen) atoms. The molecule has 0 bridgehead atoms. The summed E-state index contributed by atoms with van der Waals surface area (Å²) < 4.78 is 18.1. The van der Waals surface area contributed by atoms with Crippen molar-refractivity contribution in [3.8, 4) is 5.75 Å². The standard InChI is InChI=1S/C42H50N2O10/c1-5-8-37(52-4)54-42(20-18-31-29-14-12-26-21-28(45)17-19-40(26,2)38(29)34(47)23-41(31,42)3)35(48)24-53-36(49)16-11-25-9-6-7-10-32(25)44-43-27-13-15-33(46)30(22-27)39(50)51/h6-7,9-10,13,15,17,19,21-22,29,31,34,37-38,46-47H,5,8,11-12,14,16,18,20,23-24H2,1-4H3,(H,50,51)/b44-43+/t29?,31?,34?,37?,38?,40?,41?,42-/m0/s1. The molecule has 0 saturated heterocycles. The van der Waals surface area contributed by atoms with E-state index in [4.69, 9.17) is 14.2 Å². The fourth-order valence-electron chi connectivity index (χ4n) is 9.98. The normalized spacial score (nSPS) is 30.6. The number of aliphatic hydroxyl groups excluding tert-OH is 1. The van der Waals surface area contributed by atoms with E-state index in [0.29, 0.717) is 36.9 Å². The number of aromatic carboxylic acids is 1. The molecule has 7 unspecified atom stereocenters. The third-order valence-electron chi connectivity index (χ3n) is 12.6. The number of benzene rings is 2. The molecule has 2 aromatic carbocycles. The Balaban J connectivity index is 1.17. The van der Waals surface area contributed by atoms with E-state index in [9.17, 15) is 34.5 Å². The number of aryl methyl sites for hydroxylation is 1. The van der Waals surface area contributed by atoms with Crippen molar-refractivity contribution in [2.45, 2.75) is 96.6 Å². The molecule has 0 heterocycles. The first-order valence-electron chi connectivity index (χ1n) is 18.8. The van der Waals surface area contributed by atoms with Gasteiger partial charge in [-0.2, -0.15) is 10.2 Å². The van der Waals surface area contributed by atoms with Crippen molar-refractivity contribution in [2.24, 2.45) is 38.8 Å². The van der Waals surface area contributed by atoms with Crippen LogP contribution >= 0.6 is 0 Å². The van der Waals surface area contributed by atoms with Gasteiger partial charge in [0.1, 0.15) is 16.9 Å². The molecule has 3 N–H and O–H groups in total. The van der Waals surface area contributed by atoms with E-state index in [-0.39, 0.29) is 59.2 Å². The van der Waals surface area contributed by atoms with Gasteiger partial charge in [-0.15, -0.1) is 0 Å². The molecular formula is C42H50N2O10. The quantitative estimate of drug-likeness (QED) is 0.101. The van der Waals surface area contributed by atoms with E-state index >= 15 is 0 Å². The van der Waals surface area contributed by atoms with Crippen LogP contribution in [0.5, 0.6) is 5.75 Å². The molecule has 12 nitrogen and oxygen atoms in total. The van der Waals surface area contributed by atoms with Crippen LogP contribution in [0.1, 0.15) is 88.1 Å². The van der Waals surface area contributed by atoms with E-state index in [1.54, 1.807) is 43.5 Å². The van der Waals surface area contributed by atoms with Crippen LogP contribution in [0.4, 0.5) is 11.4 Å². The number of esters is 1. The zero-order valence-corrected chi connectivity index (χ0v) is 31.3. The summed E-state index contributed by atoms with van der Waals surface area (Å²) in [5, 5.41) is 39.5. The van der Waals surface area contributed by atoms with Crippen molar-refractivity contribution >= 4 is 34.9 Å². The highest BCUT2D eigenvalue weighted by atomic mass is 16.7. The Morgan fingerprint density at radius 3 is 2.59 bits per heavy atom. The Morgan fingerprint density at radius 2 is 1.85 bits per heavy atom. The minimum atomic E-state index is -1.35. The lowest BCUT2D eigenvalue weighted by atomic mass is 9.46. The SMILES string of the molecule is CCCC(OC)O[C@]1(C(=O)COC(=O)CCc2ccccc2/N=N/c2ccc(O)c(C(=O)O)c2)CCC2C3CCC4=CC(=O)C=CC4(C)C3C(O)CC21C. The molecule has 4 aliphatic carbocycles. The van der Waals surface area contributed by atoms with Gasteiger partial charge >= 0.3 is 11.9 Å². The molecule has 0 aromatic heterocycles. The molecule has 12 heteroatoms. The predicted octanol–water partition coefficient (Wildman–Crippen LogP) is 7.36. The van der Waals surface area contributed by atoms with Crippen LogP contribution in [-0.4, -0.2) is 70.5 Å². The van der Waals surface area contributed by atoms with Gasteiger partial charge in [-0.1, -0.05) is 57.0 Å². The number of methoxy groups -OCH3 is 1. The Bertz CT molecular complexity index is 1890. The van der Waals surface area contributed by atoms with E-state index in [1.807, 2.05) is 19.9 Å². The number of azo groups is 1. The number of hydrogen-bond acceptors (Lipinski definition) is 11. The molecule has 0 amide bonds. The van der Waals surface area contributed by atoms with Crippen LogP contribution in [0.25, 0.3) is 0 Å². The summed E-state index contributed by atoms with van der Waals surface area (Å²) in [6.07, 6.45) is 8.40. The van der Waals surface area contributed by atoms with Crippen molar-refractivity contribution < 1.29 is 48.7 Å². The van der Waals surface area contributed by atoms with Crippen LogP contribution in [0.15, 0.2) is 76.5 Å². The van der Waals surface area contributed by atoms with Gasteiger partial charge in [0.05, 0.1) is 17.5 Å². The summed E-state index contributed by atoms with van der Waals surface area (Å²) in [4.78, 5) is 51.4. The summed E-state index contributed by atoms with van der Waals surface area (Å²) in [5.41, 5.74) is -0.414. The van der Waals surface area contributed by atoms with Crippen molar-refractivity contribution in [3.63, 3.8) is 0 Å². The molecule has 0 radical (unpaired) electrons. The summed E-state index contributed by atoms with van der Waals surface area (Å²) in [6.45, 7) is 5.68. The number of ketones is 2. The van der Waals surface area contributed by atoms with Gasteiger partial charge < -0.3 is 29.5 Å². The maximum absolute atomic E-state index is 14.5. The predicted molar refractivity (Wildman–Crippen MR) is 197 cm³/mol. The van der Waals surface area contributed by atoms with Crippen molar-refractivity contribution in [1.29, 1.82) is 0 Å². The number of fused-ring (bicyclic) bond motifs is 5. The van der Waals surface area contributed by atoms with Crippen molar-refractivity contribution in [3.05, 3.63) is 77.4 Å². The lowest BCUT2D eigenvalue weighted by Crippen LogP contribution is -2.63. The number of rotatable bonds is 14. The Hall–Kier alpha value is -4.52. The highest BCUT2D eigenvalue weighted by Gasteiger charge is 2.69. The smallest absolute Gasteiger partial charge is 0.339 e. The molecule has 288 valence electrons. The summed E-state index contributed by atoms with van der Waals surface area (Å²) in [5.74, 6) is -2.58. The van der Waals surface area contributed by atoms with Gasteiger partial charge in [0.15, 0.2) is 18.7 Å². The zero-order chi connectivity index (χ0) is 38.8. The van der Waals surface area contributed by atoms with E-state index in [0.717, 1.165) is 24.8 Å². The molecule has 3 saturated carbocycles. The Kier molecular flexibility index (Phi) is 11.4. The number of phenols is 1. The molecule has 0 spiro atoms. The highest BCUT2D eigenvalue weighted by Crippen LogP contribution is 2.68. The minimum absolute atomic E-state index is 0.0241. The van der Waals surface area contributed by atoms with E-state index < -0.39 is 47.4 Å². The molecule has 6 rings (SSSR count). The first-order chi connectivity index (χ1) is 25.8. The largest absolute Gasteiger partial charge is 0.507 e. The monoisotopic (exact) mass is 742 g/mol. The third-order valence-corrected chi connectivity index (χ3v) is 12.6. The molecule has 2 aromatic rings. The number of carboxylic acids is 1. The number of carbonyl (C=O) groups excluding carboxylic acids is 3. The van der Waals surface area contributed by atoms with E-state index in [2.05, 4.69) is 17.2 Å². The summed E-state index contributed by atoms with van der Waals surface area (Å²) >= 11 is 0. The molecular weight excluding hydrogens is 692 g/mol. The lowest BCUT2D eigenvalue weighted by molar-refractivity contribution is -0.248. The second-order valence-corrected chi connectivity index (χ2v) is 15.6. The van der Waals surface area contributed by atoms with Crippen LogP contribution in [0.3, 0.4) is 0 Å². The number of aromatic hydroxyl groups is 1. The van der Waals surface area contributed by atoms with Gasteiger partial charge in [0.2, 0.25) is 5.78 Å². The minimum Gasteiger partial charge on any atom is -0.507 e. The number of hydrogen-bond donors (Lipinski definition) is 3. The fraction of sp³-hybridized carbons (Fsp3) is 0.524. The van der Waals surface area contributed by atoms with Gasteiger partial charge in [0.25, 0.3) is 0 Å². The van der Waals surface area contributed by atoms with Crippen molar-refractivity contribution in [2.75, 3.05) is 13.7 Å². The number of aliphatic hydroxyl groups is 1. The van der Waals surface area contributed by atoms with Gasteiger partial charge in [-0.3, -0.25) is 14.4 Å². The summed E-state index contributed by atoms with van der Waals surface area (Å²) in [6, 6.07) is 10.9. The van der Waals surface area contributed by atoms with Crippen molar-refractivity contribution in [1.82, 2.24) is 0 Å². The maximum Gasteiger partial charge on any atom is 0.339 e. The number of carbonyl (C=O) groups is 4. The summed E-state index contributed by atoms with van der Waals surface area (Å²) in [7, 11) is 1.56. The second kappa shape index (κ2) is 15.7. The zero-order valence-electron chi connectivity index (χ0n) is 31.3. The number of ether oxygens (including phenoxy) is 3. The van der Waals surface area contributed by atoms with Gasteiger partial charge in [-0.05, 0) is 98.8 Å². The molecule has 3 fully saturated rings. The van der Waals surface area contributed by atoms with Gasteiger partial charge in [0, 0.05) is 30.3 Å². The van der Waals surface area contributed by atoms with Gasteiger partial charge in [-0.25, -0.2) is 4.79 Å². The number of Topliss-reactive ketones (excluding diaryl/α,β-unsaturated/α-hetero) is 1. The van der Waals surface area contributed by atoms with Crippen LogP contribution < -0.4 is 0 Å². The number of carboxylic acid groups (broad SMARTS) is 1. The second-order valence-electron chi connectivity index (χ2n) is 15.6. The Labute approximate surface area is 315 Å². The maximum atomic E-state index is 14.5. The third kappa shape index (κ3) is 7.19. The average molecular weight is 743 g/mol. The highest BCUT2D eigenvalue weighted by molar-refractivity contribution is 6.01. The van der Waals surface area contributed by atoms with E-state index in [1.165, 1.54) is 18.2 Å². The molecule has 0 aliphatic heterocycles. The molecule has 8 atom stereocenters. The number of allylic oxidation sites excluding steroid dienone is 4. The Morgan fingerprint density at radius 1 is 1.07 bits per heavy atom.